The third kappa shape index (κ3) is 4.67. The van der Waals surface area contributed by atoms with Crippen LogP contribution in [0.1, 0.15) is 48.8 Å². The van der Waals surface area contributed by atoms with Gasteiger partial charge in [-0.05, 0) is 58.4 Å². The lowest BCUT2D eigenvalue weighted by Crippen LogP contribution is -2.31. The smallest absolute Gasteiger partial charge is 0.309 e. The monoisotopic (exact) mass is 436 g/mol. The summed E-state index contributed by atoms with van der Waals surface area (Å²) in [4.78, 5) is 30.6. The zero-order valence-electron chi connectivity index (χ0n) is 16.9. The first-order valence-corrected chi connectivity index (χ1v) is 10.3. The van der Waals surface area contributed by atoms with E-state index in [9.17, 15) is 14.0 Å². The van der Waals surface area contributed by atoms with Crippen LogP contribution in [-0.2, 0) is 14.3 Å². The molecule has 1 aliphatic heterocycles. The summed E-state index contributed by atoms with van der Waals surface area (Å²) in [5.74, 6) is -1.52. The number of ether oxygens (including phenoxy) is 1. The highest BCUT2D eigenvalue weighted by molar-refractivity contribution is 7.17. The lowest BCUT2D eigenvalue weighted by molar-refractivity contribution is -0.155. The number of nitrogens with zero attached hydrogens (tertiary/aromatic N) is 1. The van der Waals surface area contributed by atoms with Crippen LogP contribution in [0.15, 0.2) is 23.2 Å². The number of halogens is 2. The van der Waals surface area contributed by atoms with Gasteiger partial charge in [-0.3, -0.25) is 14.6 Å². The van der Waals surface area contributed by atoms with Crippen LogP contribution in [0, 0.1) is 19.7 Å². The number of aryl methyl sites for hydroxylation is 1. The predicted octanol–water partition coefficient (Wildman–Crippen LogP) is 5.05. The van der Waals surface area contributed by atoms with Crippen molar-refractivity contribution in [3.05, 3.63) is 50.6 Å². The fraction of sp³-hybridized carbons (Fsp3) is 0.381. The first-order valence-electron chi connectivity index (χ1n) is 9.12. The molecular formula is C21H22ClFN2O3S. The van der Waals surface area contributed by atoms with Gasteiger partial charge in [0.05, 0.1) is 12.1 Å². The first-order chi connectivity index (χ1) is 13.5. The summed E-state index contributed by atoms with van der Waals surface area (Å²) in [6.45, 7) is 9.07. The van der Waals surface area contributed by atoms with E-state index in [1.807, 2.05) is 13.8 Å². The van der Waals surface area contributed by atoms with Gasteiger partial charge in [-0.15, -0.1) is 11.3 Å². The Morgan fingerprint density at radius 2 is 2.03 bits per heavy atom. The molecule has 1 aromatic heterocycles. The van der Waals surface area contributed by atoms with Crippen LogP contribution in [0.5, 0.6) is 0 Å². The van der Waals surface area contributed by atoms with Crippen LogP contribution in [0.3, 0.4) is 0 Å². The van der Waals surface area contributed by atoms with Gasteiger partial charge in [0, 0.05) is 21.0 Å². The standard InChI is InChI=1S/C21H22ClFN2O3S/c1-10-11(2)29-20-17(10)18(13-7-6-12(22)8-14(13)23)24-15(19(27)25-20)9-16(26)28-21(3,4)5/h6-8,15H,9H2,1-5H3,(H,25,27). The SMILES string of the molecule is Cc1sc2c(c1C)C(c1ccc(Cl)cc1F)=NC(CC(=O)OC(C)(C)C)C(=O)N2. The Hall–Kier alpha value is -2.25. The second kappa shape index (κ2) is 7.88. The van der Waals surface area contributed by atoms with Gasteiger partial charge in [0.25, 0.3) is 0 Å². The number of esters is 1. The van der Waals surface area contributed by atoms with Crippen LogP contribution >= 0.6 is 22.9 Å². The number of aliphatic imine (C=N–C) groups is 1. The molecule has 1 N–H and O–H groups in total. The molecule has 3 rings (SSSR count). The minimum absolute atomic E-state index is 0.224. The van der Waals surface area contributed by atoms with Crippen molar-refractivity contribution in [1.29, 1.82) is 0 Å². The number of benzene rings is 1. The summed E-state index contributed by atoms with van der Waals surface area (Å²) >= 11 is 7.30. The molecule has 0 fully saturated rings. The number of hydrogen-bond donors (Lipinski definition) is 1. The number of carbonyl (C=O) groups excluding carboxylic acids is 2. The molecule has 0 radical (unpaired) electrons. The Morgan fingerprint density at radius 1 is 1.34 bits per heavy atom. The molecule has 0 saturated carbocycles. The first kappa shape index (κ1) is 21.5. The number of amides is 1. The third-order valence-corrected chi connectivity index (χ3v) is 5.77. The van der Waals surface area contributed by atoms with Gasteiger partial charge in [-0.25, -0.2) is 4.39 Å². The number of carbonyl (C=O) groups is 2. The molecule has 1 atom stereocenters. The lowest BCUT2D eigenvalue weighted by Gasteiger charge is -2.20. The predicted molar refractivity (Wildman–Crippen MR) is 114 cm³/mol. The molecule has 154 valence electrons. The van der Waals surface area contributed by atoms with Gasteiger partial charge in [0.1, 0.15) is 22.5 Å². The highest BCUT2D eigenvalue weighted by Gasteiger charge is 2.32. The van der Waals surface area contributed by atoms with Crippen molar-refractivity contribution in [2.24, 2.45) is 4.99 Å². The van der Waals surface area contributed by atoms with E-state index in [-0.39, 0.29) is 17.0 Å². The molecule has 1 unspecified atom stereocenters. The molecule has 0 bridgehead atoms. The molecule has 1 amide bonds. The summed E-state index contributed by atoms with van der Waals surface area (Å²) in [6, 6.07) is 3.28. The van der Waals surface area contributed by atoms with Gasteiger partial charge in [0.15, 0.2) is 0 Å². The van der Waals surface area contributed by atoms with E-state index in [0.717, 1.165) is 10.4 Å². The molecule has 29 heavy (non-hydrogen) atoms. The Morgan fingerprint density at radius 3 is 2.66 bits per heavy atom. The maximum Gasteiger partial charge on any atom is 0.309 e. The minimum Gasteiger partial charge on any atom is -0.460 e. The average Bonchev–Trinajstić information content (AvgIpc) is 2.76. The van der Waals surface area contributed by atoms with E-state index in [4.69, 9.17) is 16.3 Å². The number of nitrogens with one attached hydrogen (secondary N) is 1. The van der Waals surface area contributed by atoms with E-state index in [2.05, 4.69) is 10.3 Å². The van der Waals surface area contributed by atoms with Crippen LogP contribution in [0.25, 0.3) is 0 Å². The average molecular weight is 437 g/mol. The topological polar surface area (TPSA) is 67.8 Å². The van der Waals surface area contributed by atoms with Gasteiger partial charge in [-0.2, -0.15) is 0 Å². The molecule has 8 heteroatoms. The Balaban J connectivity index is 2.11. The fourth-order valence-corrected chi connectivity index (χ4v) is 4.26. The highest BCUT2D eigenvalue weighted by atomic mass is 35.5. The van der Waals surface area contributed by atoms with Crippen molar-refractivity contribution in [2.75, 3.05) is 5.32 Å². The van der Waals surface area contributed by atoms with Crippen molar-refractivity contribution < 1.29 is 18.7 Å². The number of rotatable bonds is 3. The molecule has 2 aromatic rings. The second-order valence-corrected chi connectivity index (χ2v) is 9.55. The second-order valence-electron chi connectivity index (χ2n) is 7.88. The van der Waals surface area contributed by atoms with E-state index < -0.39 is 29.3 Å². The van der Waals surface area contributed by atoms with E-state index in [1.165, 1.54) is 23.5 Å². The van der Waals surface area contributed by atoms with Crippen LogP contribution in [0.4, 0.5) is 9.39 Å². The summed E-state index contributed by atoms with van der Waals surface area (Å²) in [5, 5.41) is 3.69. The summed E-state index contributed by atoms with van der Waals surface area (Å²) in [6.07, 6.45) is -0.241. The number of hydrogen-bond acceptors (Lipinski definition) is 5. The summed E-state index contributed by atoms with van der Waals surface area (Å²) in [7, 11) is 0. The maximum atomic E-state index is 14.8. The van der Waals surface area contributed by atoms with Gasteiger partial charge in [-0.1, -0.05) is 11.6 Å². The van der Waals surface area contributed by atoms with Crippen LogP contribution in [-0.4, -0.2) is 29.2 Å². The Bertz CT molecular complexity index is 1020. The molecule has 5 nitrogen and oxygen atoms in total. The van der Waals surface area contributed by atoms with Crippen molar-refractivity contribution in [2.45, 2.75) is 52.7 Å². The van der Waals surface area contributed by atoms with Crippen LogP contribution < -0.4 is 5.32 Å². The normalized spacial score (nSPS) is 16.6. The minimum atomic E-state index is -1.03. The van der Waals surface area contributed by atoms with E-state index in [1.54, 1.807) is 26.8 Å². The molecule has 1 aromatic carbocycles. The largest absolute Gasteiger partial charge is 0.460 e. The van der Waals surface area contributed by atoms with E-state index in [0.29, 0.717) is 16.3 Å². The number of anilines is 1. The zero-order chi connectivity index (χ0) is 21.5. The Kier molecular flexibility index (Phi) is 5.83. The number of fused-ring (bicyclic) bond motifs is 1. The van der Waals surface area contributed by atoms with Gasteiger partial charge < -0.3 is 10.1 Å². The number of thiophene rings is 1. The molecule has 0 spiro atoms. The molecular weight excluding hydrogens is 415 g/mol. The van der Waals surface area contributed by atoms with Crippen molar-refractivity contribution in [3.63, 3.8) is 0 Å². The zero-order valence-corrected chi connectivity index (χ0v) is 18.4. The van der Waals surface area contributed by atoms with Crippen LogP contribution in [0.2, 0.25) is 5.02 Å². The third-order valence-electron chi connectivity index (χ3n) is 4.41. The van der Waals surface area contributed by atoms with Crippen molar-refractivity contribution in [3.8, 4) is 0 Å². The van der Waals surface area contributed by atoms with Crippen molar-refractivity contribution >= 4 is 45.5 Å². The quantitative estimate of drug-likeness (QED) is 0.685. The maximum absolute atomic E-state index is 14.8. The molecule has 0 saturated heterocycles. The Labute approximate surface area is 177 Å². The highest BCUT2D eigenvalue weighted by Crippen LogP contribution is 2.37. The molecule has 2 heterocycles. The van der Waals surface area contributed by atoms with Gasteiger partial charge in [0.2, 0.25) is 5.91 Å². The molecule has 1 aliphatic rings. The summed E-state index contributed by atoms with van der Waals surface area (Å²) < 4.78 is 20.1. The fourth-order valence-electron chi connectivity index (χ4n) is 3.04. The lowest BCUT2D eigenvalue weighted by atomic mass is 9.99. The van der Waals surface area contributed by atoms with Gasteiger partial charge >= 0.3 is 5.97 Å². The van der Waals surface area contributed by atoms with E-state index >= 15 is 0 Å². The summed E-state index contributed by atoms with van der Waals surface area (Å²) in [5.41, 5.74) is 1.43. The molecule has 0 aliphatic carbocycles. The van der Waals surface area contributed by atoms with Crippen molar-refractivity contribution in [1.82, 2.24) is 0 Å².